The molecule has 1 amide bonds. The molecule has 0 aromatic heterocycles. The Bertz CT molecular complexity index is 397. The molecule has 2 N–H and O–H groups in total. The SMILES string of the molecule is CCC(CC)O[C@@H]1C=C(C=O)C[C@H](NCCS)C1NC(C)=O. The lowest BCUT2D eigenvalue weighted by atomic mass is 9.88. The molecule has 126 valence electrons. The van der Waals surface area contributed by atoms with Crippen molar-refractivity contribution in [2.24, 2.45) is 0 Å². The first-order valence-corrected chi connectivity index (χ1v) is 8.61. The van der Waals surface area contributed by atoms with Gasteiger partial charge in [-0.25, -0.2) is 0 Å². The fourth-order valence-electron chi connectivity index (χ4n) is 2.77. The van der Waals surface area contributed by atoms with E-state index < -0.39 is 0 Å². The number of ether oxygens (including phenoxy) is 1. The number of hydrogen-bond acceptors (Lipinski definition) is 5. The maximum atomic E-state index is 11.6. The van der Waals surface area contributed by atoms with Gasteiger partial charge in [-0.2, -0.15) is 12.6 Å². The van der Waals surface area contributed by atoms with Gasteiger partial charge in [0.15, 0.2) is 0 Å². The Kier molecular flexibility index (Phi) is 8.75. The molecule has 1 aliphatic carbocycles. The van der Waals surface area contributed by atoms with Crippen LogP contribution in [0.3, 0.4) is 0 Å². The van der Waals surface area contributed by atoms with Gasteiger partial charge < -0.3 is 15.4 Å². The summed E-state index contributed by atoms with van der Waals surface area (Å²) < 4.78 is 6.14. The van der Waals surface area contributed by atoms with E-state index in [1.54, 1.807) is 0 Å². The molecule has 0 saturated heterocycles. The average molecular weight is 328 g/mol. The van der Waals surface area contributed by atoms with Crippen molar-refractivity contribution >= 4 is 24.8 Å². The van der Waals surface area contributed by atoms with Crippen molar-refractivity contribution in [1.29, 1.82) is 0 Å². The predicted molar refractivity (Wildman–Crippen MR) is 91.3 cm³/mol. The maximum absolute atomic E-state index is 11.6. The summed E-state index contributed by atoms with van der Waals surface area (Å²) in [4.78, 5) is 22.8. The second-order valence-electron chi connectivity index (χ2n) is 5.61. The Morgan fingerprint density at radius 3 is 2.68 bits per heavy atom. The van der Waals surface area contributed by atoms with E-state index in [4.69, 9.17) is 4.74 Å². The number of rotatable bonds is 9. The van der Waals surface area contributed by atoms with Crippen molar-refractivity contribution in [3.63, 3.8) is 0 Å². The topological polar surface area (TPSA) is 67.4 Å². The molecule has 1 rings (SSSR count). The first-order valence-electron chi connectivity index (χ1n) is 7.98. The van der Waals surface area contributed by atoms with E-state index >= 15 is 0 Å². The number of thiol groups is 1. The van der Waals surface area contributed by atoms with Crippen molar-refractivity contribution in [3.05, 3.63) is 11.6 Å². The van der Waals surface area contributed by atoms with E-state index in [9.17, 15) is 9.59 Å². The summed E-state index contributed by atoms with van der Waals surface area (Å²) in [6.45, 7) is 6.37. The van der Waals surface area contributed by atoms with Crippen LogP contribution >= 0.6 is 12.6 Å². The number of hydrogen-bond donors (Lipinski definition) is 3. The van der Waals surface area contributed by atoms with Crippen molar-refractivity contribution in [2.45, 2.75) is 64.3 Å². The Labute approximate surface area is 138 Å². The molecule has 0 heterocycles. The average Bonchev–Trinajstić information content (AvgIpc) is 2.51. The summed E-state index contributed by atoms with van der Waals surface area (Å²) in [7, 11) is 0. The molecule has 0 aromatic carbocycles. The van der Waals surface area contributed by atoms with Crippen LogP contribution in [0.15, 0.2) is 11.6 Å². The predicted octanol–water partition coefficient (Wildman–Crippen LogP) is 1.48. The minimum atomic E-state index is -0.292. The zero-order valence-corrected chi connectivity index (χ0v) is 14.6. The van der Waals surface area contributed by atoms with Gasteiger partial charge in [0.05, 0.1) is 18.2 Å². The number of carbonyl (C=O) groups excluding carboxylic acids is 2. The number of aldehydes is 1. The minimum absolute atomic E-state index is 0.0272. The highest BCUT2D eigenvalue weighted by atomic mass is 32.1. The Balaban J connectivity index is 2.96. The van der Waals surface area contributed by atoms with E-state index in [0.29, 0.717) is 24.3 Å². The van der Waals surface area contributed by atoms with Gasteiger partial charge in [0, 0.05) is 25.3 Å². The van der Waals surface area contributed by atoms with Crippen LogP contribution in [-0.4, -0.2) is 48.8 Å². The number of amides is 1. The van der Waals surface area contributed by atoms with Crippen LogP contribution in [0.5, 0.6) is 0 Å². The fourth-order valence-corrected chi connectivity index (χ4v) is 2.90. The van der Waals surface area contributed by atoms with Gasteiger partial charge in [0.2, 0.25) is 5.91 Å². The summed E-state index contributed by atoms with van der Waals surface area (Å²) >= 11 is 4.21. The van der Waals surface area contributed by atoms with E-state index in [2.05, 4.69) is 37.1 Å². The van der Waals surface area contributed by atoms with Crippen LogP contribution in [0.2, 0.25) is 0 Å². The van der Waals surface area contributed by atoms with Crippen LogP contribution in [0.4, 0.5) is 0 Å². The number of nitrogens with one attached hydrogen (secondary N) is 2. The van der Waals surface area contributed by atoms with Crippen LogP contribution in [-0.2, 0) is 14.3 Å². The van der Waals surface area contributed by atoms with E-state index in [-0.39, 0.29) is 30.2 Å². The van der Waals surface area contributed by atoms with Gasteiger partial charge in [0.1, 0.15) is 6.29 Å². The maximum Gasteiger partial charge on any atom is 0.217 e. The standard InChI is InChI=1S/C16H28N2O3S/c1-4-13(5-2)21-15-9-12(10-19)8-14(17-6-7-22)16(15)18-11(3)20/h9-10,13-17,22H,4-8H2,1-3H3,(H,18,20)/t14-,15+,16?/m0/s1. The lowest BCUT2D eigenvalue weighted by Crippen LogP contribution is -2.58. The second-order valence-corrected chi connectivity index (χ2v) is 6.06. The lowest BCUT2D eigenvalue weighted by molar-refractivity contribution is -0.121. The van der Waals surface area contributed by atoms with Gasteiger partial charge in [0.25, 0.3) is 0 Å². The highest BCUT2D eigenvalue weighted by Gasteiger charge is 2.35. The molecule has 0 radical (unpaired) electrons. The summed E-state index contributed by atoms with van der Waals surface area (Å²) in [5.41, 5.74) is 0.717. The summed E-state index contributed by atoms with van der Waals surface area (Å²) in [6, 6.07) is -0.206. The largest absolute Gasteiger partial charge is 0.369 e. The highest BCUT2D eigenvalue weighted by molar-refractivity contribution is 7.80. The second kappa shape index (κ2) is 10.0. The Morgan fingerprint density at radius 1 is 1.50 bits per heavy atom. The third kappa shape index (κ3) is 5.74. The molecule has 1 aliphatic rings. The Hall–Kier alpha value is -0.850. The van der Waals surface area contributed by atoms with Crippen LogP contribution in [0.25, 0.3) is 0 Å². The van der Waals surface area contributed by atoms with E-state index in [1.807, 2.05) is 6.08 Å². The Morgan fingerprint density at radius 2 is 2.18 bits per heavy atom. The van der Waals surface area contributed by atoms with Gasteiger partial charge in [-0.15, -0.1) is 0 Å². The smallest absolute Gasteiger partial charge is 0.217 e. The first kappa shape index (κ1) is 19.2. The quantitative estimate of drug-likeness (QED) is 0.443. The van der Waals surface area contributed by atoms with Crippen LogP contribution in [0.1, 0.15) is 40.0 Å². The molecule has 0 fully saturated rings. The number of carbonyl (C=O) groups is 2. The lowest BCUT2D eigenvalue weighted by Gasteiger charge is -2.38. The molecule has 0 aromatic rings. The van der Waals surface area contributed by atoms with Gasteiger partial charge in [-0.3, -0.25) is 9.59 Å². The molecular weight excluding hydrogens is 300 g/mol. The molecule has 6 heteroatoms. The third-order valence-corrected chi connectivity index (χ3v) is 4.14. The van der Waals surface area contributed by atoms with E-state index in [0.717, 1.165) is 19.1 Å². The van der Waals surface area contributed by atoms with Gasteiger partial charge in [-0.1, -0.05) is 13.8 Å². The van der Waals surface area contributed by atoms with Crippen LogP contribution < -0.4 is 10.6 Å². The van der Waals surface area contributed by atoms with Gasteiger partial charge >= 0.3 is 0 Å². The molecule has 0 saturated carbocycles. The first-order chi connectivity index (χ1) is 10.5. The zero-order chi connectivity index (χ0) is 16.5. The third-order valence-electron chi connectivity index (χ3n) is 3.92. The van der Waals surface area contributed by atoms with Crippen molar-refractivity contribution in [2.75, 3.05) is 12.3 Å². The summed E-state index contributed by atoms with van der Waals surface area (Å²) in [6.07, 6.45) is 4.95. The fraction of sp³-hybridized carbons (Fsp3) is 0.750. The molecule has 5 nitrogen and oxygen atoms in total. The highest BCUT2D eigenvalue weighted by Crippen LogP contribution is 2.23. The van der Waals surface area contributed by atoms with E-state index in [1.165, 1.54) is 6.92 Å². The molecule has 0 bridgehead atoms. The minimum Gasteiger partial charge on any atom is -0.369 e. The summed E-state index contributed by atoms with van der Waals surface area (Å²) in [5, 5.41) is 6.34. The zero-order valence-electron chi connectivity index (χ0n) is 13.7. The van der Waals surface area contributed by atoms with Gasteiger partial charge in [-0.05, 0) is 30.9 Å². The van der Waals surface area contributed by atoms with Crippen molar-refractivity contribution in [1.82, 2.24) is 10.6 Å². The molecule has 0 aliphatic heterocycles. The summed E-state index contributed by atoms with van der Waals surface area (Å²) in [5.74, 6) is 0.602. The van der Waals surface area contributed by atoms with Crippen molar-refractivity contribution in [3.8, 4) is 0 Å². The normalized spacial score (nSPS) is 25.0. The molecule has 1 unspecified atom stereocenters. The molecule has 3 atom stereocenters. The molecule has 0 spiro atoms. The monoisotopic (exact) mass is 328 g/mol. The van der Waals surface area contributed by atoms with Crippen molar-refractivity contribution < 1.29 is 14.3 Å². The molecule has 22 heavy (non-hydrogen) atoms. The molecular formula is C16H28N2O3S. The van der Waals surface area contributed by atoms with Crippen LogP contribution in [0, 0.1) is 0 Å².